The van der Waals surface area contributed by atoms with Crippen LogP contribution in [0.25, 0.3) is 0 Å². The van der Waals surface area contributed by atoms with Crippen LogP contribution in [0.3, 0.4) is 0 Å². The van der Waals surface area contributed by atoms with Crippen molar-refractivity contribution in [1.29, 1.82) is 0 Å². The van der Waals surface area contributed by atoms with Crippen molar-refractivity contribution in [2.75, 3.05) is 0 Å². The first kappa shape index (κ1) is 12.2. The third kappa shape index (κ3) is 11.2. The molecule has 0 aromatic heterocycles. The summed E-state index contributed by atoms with van der Waals surface area (Å²) < 4.78 is 0. The fraction of sp³-hybridized carbons (Fsp3) is 0.538. The number of hydrogen-bond acceptors (Lipinski definition) is 0. The van der Waals surface area contributed by atoms with Crippen molar-refractivity contribution in [2.24, 2.45) is 0 Å². The van der Waals surface area contributed by atoms with E-state index in [0.29, 0.717) is 0 Å². The maximum atomic E-state index is 2.25. The van der Waals surface area contributed by atoms with Crippen LogP contribution in [0, 0.1) is 0 Å². The zero-order valence-corrected chi connectivity index (χ0v) is 9.00. The molecule has 0 rings (SSSR count). The minimum atomic E-state index is 1.15. The lowest BCUT2D eigenvalue weighted by Gasteiger charge is -1.85. The number of unbranched alkanes of at least 4 members (excludes halogenated alkanes) is 2. The predicted octanol–water partition coefficient (Wildman–Crippen LogP) is 4.65. The summed E-state index contributed by atoms with van der Waals surface area (Å²) in [6.45, 7) is 4.36. The first-order valence-corrected chi connectivity index (χ1v) is 5.38. The second-order valence-corrected chi connectivity index (χ2v) is 3.10. The molecule has 0 aromatic rings. The van der Waals surface area contributed by atoms with Crippen LogP contribution in [-0.2, 0) is 0 Å². The van der Waals surface area contributed by atoms with Crippen LogP contribution >= 0.6 is 0 Å². The highest BCUT2D eigenvalue weighted by Gasteiger charge is 1.74. The fourth-order valence-corrected chi connectivity index (χ4v) is 0.993. The average Bonchev–Trinajstić information content (AvgIpc) is 2.16. The van der Waals surface area contributed by atoms with Gasteiger partial charge >= 0.3 is 0 Å². The molecule has 0 aliphatic carbocycles. The number of rotatable bonds is 7. The van der Waals surface area contributed by atoms with Gasteiger partial charge in [0.25, 0.3) is 0 Å². The van der Waals surface area contributed by atoms with Crippen LogP contribution in [0.4, 0.5) is 0 Å². The van der Waals surface area contributed by atoms with Crippen molar-refractivity contribution in [3.63, 3.8) is 0 Å². The highest BCUT2D eigenvalue weighted by atomic mass is 13.8. The molecule has 0 spiro atoms. The van der Waals surface area contributed by atoms with E-state index in [1.54, 1.807) is 0 Å². The molecule has 13 heavy (non-hydrogen) atoms. The molecule has 0 nitrogen and oxygen atoms in total. The number of hydrogen-bond donors (Lipinski definition) is 0. The number of allylic oxidation sites excluding steroid dienone is 6. The molecule has 0 fully saturated rings. The maximum absolute atomic E-state index is 2.25. The van der Waals surface area contributed by atoms with Gasteiger partial charge in [-0.1, -0.05) is 56.7 Å². The van der Waals surface area contributed by atoms with E-state index in [1.807, 2.05) is 0 Å². The molecule has 0 atom stereocenters. The van der Waals surface area contributed by atoms with Crippen LogP contribution in [0.15, 0.2) is 36.5 Å². The van der Waals surface area contributed by atoms with Gasteiger partial charge in [-0.2, -0.15) is 0 Å². The van der Waals surface area contributed by atoms with Gasteiger partial charge in [0, 0.05) is 0 Å². The molecule has 0 aliphatic heterocycles. The van der Waals surface area contributed by atoms with E-state index in [-0.39, 0.29) is 0 Å². The Morgan fingerprint density at radius 3 is 1.92 bits per heavy atom. The molecule has 0 aliphatic rings. The zero-order chi connectivity index (χ0) is 9.78. The van der Waals surface area contributed by atoms with E-state index in [1.165, 1.54) is 19.3 Å². The van der Waals surface area contributed by atoms with E-state index >= 15 is 0 Å². The SMILES string of the molecule is CCC=CCCC=CC=CCCC. The molecule has 0 unspecified atom stereocenters. The van der Waals surface area contributed by atoms with E-state index in [2.05, 4.69) is 50.3 Å². The van der Waals surface area contributed by atoms with Crippen molar-refractivity contribution in [3.05, 3.63) is 36.5 Å². The van der Waals surface area contributed by atoms with Crippen molar-refractivity contribution >= 4 is 0 Å². The Hall–Kier alpha value is -0.780. The molecule has 0 heteroatoms. The first-order chi connectivity index (χ1) is 6.41. The van der Waals surface area contributed by atoms with Crippen LogP contribution in [-0.4, -0.2) is 0 Å². The topological polar surface area (TPSA) is 0 Å². The minimum Gasteiger partial charge on any atom is -0.0888 e. The molecular weight excluding hydrogens is 156 g/mol. The molecule has 0 bridgehead atoms. The fourth-order valence-electron chi connectivity index (χ4n) is 0.993. The van der Waals surface area contributed by atoms with Gasteiger partial charge in [0.2, 0.25) is 0 Å². The molecule has 0 saturated carbocycles. The van der Waals surface area contributed by atoms with Crippen molar-refractivity contribution < 1.29 is 0 Å². The summed E-state index contributed by atoms with van der Waals surface area (Å²) in [6.07, 6.45) is 19.1. The Labute approximate surface area is 83.0 Å². The minimum absolute atomic E-state index is 1.15. The first-order valence-electron chi connectivity index (χ1n) is 5.38. The van der Waals surface area contributed by atoms with Gasteiger partial charge in [-0.15, -0.1) is 0 Å². The average molecular weight is 178 g/mol. The summed E-state index contributed by atoms with van der Waals surface area (Å²) >= 11 is 0. The van der Waals surface area contributed by atoms with Gasteiger partial charge in [0.1, 0.15) is 0 Å². The molecule has 0 radical (unpaired) electrons. The van der Waals surface area contributed by atoms with Crippen LogP contribution in [0.5, 0.6) is 0 Å². The lowest BCUT2D eigenvalue weighted by Crippen LogP contribution is -1.64. The Balaban J connectivity index is 3.26. The van der Waals surface area contributed by atoms with Crippen molar-refractivity contribution in [2.45, 2.75) is 46.0 Å². The second-order valence-electron chi connectivity index (χ2n) is 3.10. The Bertz CT molecular complexity index is 161. The molecule has 74 valence electrons. The summed E-state index contributed by atoms with van der Waals surface area (Å²) in [5.41, 5.74) is 0. The predicted molar refractivity (Wildman–Crippen MR) is 61.9 cm³/mol. The lowest BCUT2D eigenvalue weighted by atomic mass is 10.2. The summed E-state index contributed by atoms with van der Waals surface area (Å²) in [7, 11) is 0. The monoisotopic (exact) mass is 178 g/mol. The highest BCUT2D eigenvalue weighted by Crippen LogP contribution is 1.95. The Morgan fingerprint density at radius 2 is 1.31 bits per heavy atom. The lowest BCUT2D eigenvalue weighted by molar-refractivity contribution is 0.958. The summed E-state index contributed by atoms with van der Waals surface area (Å²) in [5.74, 6) is 0. The Kier molecular flexibility index (Phi) is 10.5. The van der Waals surface area contributed by atoms with Crippen LogP contribution in [0.2, 0.25) is 0 Å². The maximum Gasteiger partial charge on any atom is -0.0313 e. The zero-order valence-electron chi connectivity index (χ0n) is 9.00. The third-order valence-corrected chi connectivity index (χ3v) is 1.74. The van der Waals surface area contributed by atoms with Gasteiger partial charge in [-0.25, -0.2) is 0 Å². The standard InChI is InChI=1S/C13H22/c1-3-5-7-9-11-13-12-10-8-6-4-2/h5,7-8,10,12-13H,3-4,6,9,11H2,1-2H3. The Morgan fingerprint density at radius 1 is 0.692 bits per heavy atom. The van der Waals surface area contributed by atoms with E-state index in [4.69, 9.17) is 0 Å². The van der Waals surface area contributed by atoms with E-state index in [0.717, 1.165) is 12.8 Å². The van der Waals surface area contributed by atoms with Gasteiger partial charge in [-0.3, -0.25) is 0 Å². The summed E-state index contributed by atoms with van der Waals surface area (Å²) in [5, 5.41) is 0. The molecule has 0 heterocycles. The van der Waals surface area contributed by atoms with Crippen LogP contribution in [0.1, 0.15) is 46.0 Å². The molecule has 0 amide bonds. The van der Waals surface area contributed by atoms with Gasteiger partial charge in [0.05, 0.1) is 0 Å². The molecule has 0 aromatic carbocycles. The molecular formula is C13H22. The summed E-state index contributed by atoms with van der Waals surface area (Å²) in [4.78, 5) is 0. The molecule has 0 N–H and O–H groups in total. The van der Waals surface area contributed by atoms with Gasteiger partial charge in [0.15, 0.2) is 0 Å². The van der Waals surface area contributed by atoms with Crippen LogP contribution < -0.4 is 0 Å². The van der Waals surface area contributed by atoms with Crippen molar-refractivity contribution in [3.8, 4) is 0 Å². The normalized spacial score (nSPS) is 12.5. The second kappa shape index (κ2) is 11.2. The van der Waals surface area contributed by atoms with Crippen molar-refractivity contribution in [1.82, 2.24) is 0 Å². The highest BCUT2D eigenvalue weighted by molar-refractivity contribution is 5.02. The smallest absolute Gasteiger partial charge is 0.0313 e. The largest absolute Gasteiger partial charge is 0.0888 e. The van der Waals surface area contributed by atoms with Gasteiger partial charge in [-0.05, 0) is 25.7 Å². The van der Waals surface area contributed by atoms with E-state index < -0.39 is 0 Å². The third-order valence-electron chi connectivity index (χ3n) is 1.74. The van der Waals surface area contributed by atoms with E-state index in [9.17, 15) is 0 Å². The molecule has 0 saturated heterocycles. The van der Waals surface area contributed by atoms with Gasteiger partial charge < -0.3 is 0 Å². The quantitative estimate of drug-likeness (QED) is 0.302. The summed E-state index contributed by atoms with van der Waals surface area (Å²) in [6, 6.07) is 0.